The van der Waals surface area contributed by atoms with Crippen LogP contribution in [0.25, 0.3) is 12.2 Å². The maximum absolute atomic E-state index is 12.8. The third-order valence-electron chi connectivity index (χ3n) is 4.11. The van der Waals surface area contributed by atoms with Gasteiger partial charge in [-0.25, -0.2) is 13.1 Å². The van der Waals surface area contributed by atoms with E-state index in [4.69, 9.17) is 9.26 Å². The number of ether oxygens (including phenoxy) is 1. The molecule has 8 nitrogen and oxygen atoms in total. The smallest absolute Gasteiger partial charge is 0.244 e. The number of thiophene rings is 1. The summed E-state index contributed by atoms with van der Waals surface area (Å²) in [4.78, 5) is 12.3. The van der Waals surface area contributed by atoms with Crippen LogP contribution in [0, 0.1) is 6.92 Å². The van der Waals surface area contributed by atoms with Crippen molar-refractivity contribution < 1.29 is 22.5 Å². The highest BCUT2D eigenvalue weighted by atomic mass is 32.2. The summed E-state index contributed by atoms with van der Waals surface area (Å²) in [5.74, 6) is 0.351. The van der Waals surface area contributed by atoms with Crippen molar-refractivity contribution in [1.82, 2.24) is 9.88 Å². The van der Waals surface area contributed by atoms with Gasteiger partial charge in [0.25, 0.3) is 0 Å². The molecule has 10 heteroatoms. The van der Waals surface area contributed by atoms with Crippen molar-refractivity contribution in [2.75, 3.05) is 12.4 Å². The van der Waals surface area contributed by atoms with Crippen molar-refractivity contribution in [3.05, 3.63) is 57.6 Å². The summed E-state index contributed by atoms with van der Waals surface area (Å²) in [6.07, 6.45) is 3.28. The number of carbonyl (C=O) groups is 1. The third kappa shape index (κ3) is 5.15. The van der Waals surface area contributed by atoms with E-state index in [9.17, 15) is 13.2 Å². The number of nitrogens with one attached hydrogen (secondary N) is 2. The molecule has 0 fully saturated rings. The molecule has 0 aliphatic carbocycles. The summed E-state index contributed by atoms with van der Waals surface area (Å²) in [5.41, 5.74) is 1.62. The van der Waals surface area contributed by atoms with Crippen LogP contribution in [0.5, 0.6) is 5.75 Å². The molecule has 0 aliphatic rings. The van der Waals surface area contributed by atoms with Crippen LogP contribution in [-0.4, -0.2) is 26.6 Å². The highest BCUT2D eigenvalue weighted by molar-refractivity contribution is 7.89. The first-order valence-corrected chi connectivity index (χ1v) is 11.3. The van der Waals surface area contributed by atoms with Crippen LogP contribution in [0.15, 0.2) is 45.1 Å². The summed E-state index contributed by atoms with van der Waals surface area (Å²) in [6.45, 7) is 3.30. The first-order chi connectivity index (χ1) is 14.3. The molecule has 2 heterocycles. The van der Waals surface area contributed by atoms with Crippen LogP contribution in [0.2, 0.25) is 0 Å². The molecular weight excluding hydrogens is 426 g/mol. The first-order valence-electron chi connectivity index (χ1n) is 8.92. The Kier molecular flexibility index (Phi) is 6.70. The minimum absolute atomic E-state index is 0.0274. The quantitative estimate of drug-likeness (QED) is 0.545. The van der Waals surface area contributed by atoms with E-state index in [0.29, 0.717) is 22.7 Å². The molecule has 158 valence electrons. The zero-order valence-electron chi connectivity index (χ0n) is 16.6. The maximum Gasteiger partial charge on any atom is 0.244 e. The SMILES string of the molecule is COc1ccc(/C=C\c2onc(C)c2NC(C)=O)cc1S(=O)(=O)NCc1cccs1. The molecule has 1 aromatic carbocycles. The summed E-state index contributed by atoms with van der Waals surface area (Å²) >= 11 is 1.47. The van der Waals surface area contributed by atoms with E-state index in [1.165, 1.54) is 31.4 Å². The van der Waals surface area contributed by atoms with Crippen molar-refractivity contribution in [2.24, 2.45) is 0 Å². The molecule has 1 amide bonds. The zero-order valence-corrected chi connectivity index (χ0v) is 18.3. The van der Waals surface area contributed by atoms with Gasteiger partial charge < -0.3 is 14.6 Å². The number of anilines is 1. The van der Waals surface area contributed by atoms with Gasteiger partial charge in [0, 0.05) is 18.3 Å². The highest BCUT2D eigenvalue weighted by Gasteiger charge is 2.20. The Morgan fingerprint density at radius 1 is 1.30 bits per heavy atom. The fraction of sp³-hybridized carbons (Fsp3) is 0.200. The maximum atomic E-state index is 12.8. The Morgan fingerprint density at radius 2 is 2.10 bits per heavy atom. The monoisotopic (exact) mass is 447 g/mol. The number of nitrogens with zero attached hydrogens (tertiary/aromatic N) is 1. The van der Waals surface area contributed by atoms with Gasteiger partial charge in [-0.05, 0) is 42.1 Å². The molecule has 0 spiro atoms. The number of methoxy groups -OCH3 is 1. The third-order valence-corrected chi connectivity index (χ3v) is 6.41. The van der Waals surface area contributed by atoms with E-state index < -0.39 is 10.0 Å². The number of rotatable bonds is 8. The van der Waals surface area contributed by atoms with Crippen molar-refractivity contribution in [1.29, 1.82) is 0 Å². The van der Waals surface area contributed by atoms with Crippen LogP contribution >= 0.6 is 11.3 Å². The fourth-order valence-corrected chi connectivity index (χ4v) is 4.61. The number of hydrogen-bond donors (Lipinski definition) is 2. The molecule has 0 aliphatic heterocycles. The number of hydrogen-bond acceptors (Lipinski definition) is 7. The second-order valence-corrected chi connectivity index (χ2v) is 9.10. The molecule has 0 saturated carbocycles. The van der Waals surface area contributed by atoms with Gasteiger partial charge in [-0.2, -0.15) is 0 Å². The Labute approximate surface area is 178 Å². The number of aryl methyl sites for hydroxylation is 1. The largest absolute Gasteiger partial charge is 0.495 e. The normalized spacial score (nSPS) is 11.7. The first kappa shape index (κ1) is 21.8. The van der Waals surface area contributed by atoms with E-state index in [1.54, 1.807) is 31.2 Å². The Bertz CT molecular complexity index is 1170. The standard InChI is InChI=1S/C20H21N3O5S2/c1-13-20(22-14(2)24)18(28-23-13)9-7-15-6-8-17(27-3)19(11-15)30(25,26)21-12-16-5-4-10-29-16/h4-11,21H,12H2,1-3H3,(H,22,24)/b9-7-. The lowest BCUT2D eigenvalue weighted by Crippen LogP contribution is -2.23. The highest BCUT2D eigenvalue weighted by Crippen LogP contribution is 2.27. The van der Waals surface area contributed by atoms with Gasteiger partial charge in [0.15, 0.2) is 5.76 Å². The summed E-state index contributed by atoms with van der Waals surface area (Å²) in [5, 5.41) is 8.40. The molecule has 2 aromatic heterocycles. The van der Waals surface area contributed by atoms with Crippen LogP contribution in [0.4, 0.5) is 5.69 Å². The van der Waals surface area contributed by atoms with E-state index in [2.05, 4.69) is 15.2 Å². The summed E-state index contributed by atoms with van der Waals surface area (Å²) in [6, 6.07) is 8.53. The molecule has 0 saturated heterocycles. The van der Waals surface area contributed by atoms with Crippen molar-refractivity contribution in [2.45, 2.75) is 25.3 Å². The fourth-order valence-electron chi connectivity index (χ4n) is 2.67. The summed E-state index contributed by atoms with van der Waals surface area (Å²) in [7, 11) is -2.38. The van der Waals surface area contributed by atoms with E-state index in [0.717, 1.165) is 4.88 Å². The minimum Gasteiger partial charge on any atom is -0.495 e. The van der Waals surface area contributed by atoms with Crippen LogP contribution in [0.3, 0.4) is 0 Å². The van der Waals surface area contributed by atoms with Crippen LogP contribution in [-0.2, 0) is 21.4 Å². The lowest BCUT2D eigenvalue weighted by atomic mass is 10.2. The second-order valence-electron chi connectivity index (χ2n) is 6.34. The number of aromatic nitrogens is 1. The van der Waals surface area contributed by atoms with Crippen LogP contribution in [0.1, 0.15) is 28.8 Å². The van der Waals surface area contributed by atoms with E-state index in [1.807, 2.05) is 17.5 Å². The van der Waals surface area contributed by atoms with Gasteiger partial charge in [0.1, 0.15) is 22.0 Å². The Balaban J connectivity index is 1.87. The topological polar surface area (TPSA) is 111 Å². The predicted octanol–water partition coefficient (Wildman–Crippen LogP) is 3.66. The van der Waals surface area contributed by atoms with Gasteiger partial charge in [-0.3, -0.25) is 4.79 Å². The number of amides is 1. The molecule has 0 bridgehead atoms. The molecule has 2 N–H and O–H groups in total. The van der Waals surface area contributed by atoms with Gasteiger partial charge in [0.2, 0.25) is 15.9 Å². The van der Waals surface area contributed by atoms with Gasteiger partial charge in [0.05, 0.1) is 7.11 Å². The van der Waals surface area contributed by atoms with Crippen molar-refractivity contribution >= 4 is 45.1 Å². The van der Waals surface area contributed by atoms with Crippen molar-refractivity contribution in [3.8, 4) is 5.75 Å². The summed E-state index contributed by atoms with van der Waals surface area (Å²) < 4.78 is 38.7. The van der Waals surface area contributed by atoms with Gasteiger partial charge in [-0.15, -0.1) is 11.3 Å². The molecule has 3 rings (SSSR count). The lowest BCUT2D eigenvalue weighted by Gasteiger charge is -2.11. The average molecular weight is 448 g/mol. The van der Waals surface area contributed by atoms with E-state index >= 15 is 0 Å². The van der Waals surface area contributed by atoms with Gasteiger partial charge >= 0.3 is 0 Å². The number of carbonyl (C=O) groups excluding carboxylic acids is 1. The zero-order chi connectivity index (χ0) is 21.7. The number of sulfonamides is 1. The second kappa shape index (κ2) is 9.24. The van der Waals surface area contributed by atoms with E-state index in [-0.39, 0.29) is 23.1 Å². The Hall–Kier alpha value is -2.95. The van der Waals surface area contributed by atoms with Gasteiger partial charge in [-0.1, -0.05) is 23.4 Å². The lowest BCUT2D eigenvalue weighted by molar-refractivity contribution is -0.114. The minimum atomic E-state index is -3.80. The molecule has 0 radical (unpaired) electrons. The van der Waals surface area contributed by atoms with Crippen LogP contribution < -0.4 is 14.8 Å². The molecule has 0 atom stereocenters. The molecule has 30 heavy (non-hydrogen) atoms. The number of benzene rings is 1. The average Bonchev–Trinajstić information content (AvgIpc) is 3.35. The Morgan fingerprint density at radius 3 is 2.77 bits per heavy atom. The molecular formula is C20H21N3O5S2. The molecule has 3 aromatic rings. The molecule has 0 unspecified atom stereocenters. The van der Waals surface area contributed by atoms with Crippen molar-refractivity contribution in [3.63, 3.8) is 0 Å². The predicted molar refractivity (Wildman–Crippen MR) is 116 cm³/mol.